The number of unbranched alkanes of at least 4 members (excludes halogenated alkanes) is 1. The van der Waals surface area contributed by atoms with Crippen molar-refractivity contribution < 1.29 is 24.6 Å². The van der Waals surface area contributed by atoms with Gasteiger partial charge in [0.05, 0.1) is 5.56 Å². The minimum Gasteiger partial charge on any atom is -0.507 e. The van der Waals surface area contributed by atoms with Gasteiger partial charge in [-0.25, -0.2) is 4.79 Å². The molecule has 0 aliphatic rings. The van der Waals surface area contributed by atoms with Crippen molar-refractivity contribution in [1.29, 1.82) is 0 Å². The topological polar surface area (TPSA) is 116 Å². The van der Waals surface area contributed by atoms with Gasteiger partial charge in [0.1, 0.15) is 11.8 Å². The van der Waals surface area contributed by atoms with Gasteiger partial charge in [-0.3, -0.25) is 9.59 Å². The van der Waals surface area contributed by atoms with E-state index in [-0.39, 0.29) is 23.1 Å². The van der Waals surface area contributed by atoms with Crippen molar-refractivity contribution in [2.24, 2.45) is 0 Å². The van der Waals surface area contributed by atoms with Crippen molar-refractivity contribution in [2.45, 2.75) is 32.2 Å². The van der Waals surface area contributed by atoms with E-state index in [0.29, 0.717) is 25.8 Å². The Hall–Kier alpha value is -2.57. The maximum atomic E-state index is 11.8. The smallest absolute Gasteiger partial charge is 0.326 e. The lowest BCUT2D eigenvalue weighted by Gasteiger charge is -2.13. The molecule has 1 unspecified atom stereocenters. The molecular weight excluding hydrogens is 288 g/mol. The Labute approximate surface area is 128 Å². The number of phenols is 1. The Morgan fingerprint density at radius 1 is 1.18 bits per heavy atom. The van der Waals surface area contributed by atoms with Crippen molar-refractivity contribution in [3.63, 3.8) is 0 Å². The average molecular weight is 308 g/mol. The highest BCUT2D eigenvalue weighted by Gasteiger charge is 2.17. The number of rotatable bonds is 8. The molecule has 0 heterocycles. The van der Waals surface area contributed by atoms with E-state index in [2.05, 4.69) is 10.6 Å². The van der Waals surface area contributed by atoms with Gasteiger partial charge in [-0.2, -0.15) is 0 Å². The molecule has 1 aromatic rings. The van der Waals surface area contributed by atoms with Gasteiger partial charge in [0.2, 0.25) is 5.91 Å². The summed E-state index contributed by atoms with van der Waals surface area (Å²) in [5, 5.41) is 23.5. The molecule has 0 spiro atoms. The SMILES string of the molecule is CC(=O)NC(CCCCNC(=O)c1ccccc1O)C(=O)O. The lowest BCUT2D eigenvalue weighted by molar-refractivity contribution is -0.141. The third kappa shape index (κ3) is 5.82. The molecule has 7 nitrogen and oxygen atoms in total. The summed E-state index contributed by atoms with van der Waals surface area (Å²) < 4.78 is 0. The van der Waals surface area contributed by atoms with Crippen molar-refractivity contribution in [1.82, 2.24) is 10.6 Å². The molecule has 7 heteroatoms. The Morgan fingerprint density at radius 2 is 1.86 bits per heavy atom. The van der Waals surface area contributed by atoms with E-state index in [4.69, 9.17) is 5.11 Å². The average Bonchev–Trinajstić information content (AvgIpc) is 2.45. The number of aromatic hydroxyl groups is 1. The highest BCUT2D eigenvalue weighted by Crippen LogP contribution is 2.14. The van der Waals surface area contributed by atoms with Crippen LogP contribution in [0.5, 0.6) is 5.75 Å². The summed E-state index contributed by atoms with van der Waals surface area (Å²) in [5.74, 6) is -1.93. The predicted molar refractivity (Wildman–Crippen MR) is 79.5 cm³/mol. The fraction of sp³-hybridized carbons (Fsp3) is 0.400. The van der Waals surface area contributed by atoms with Crippen LogP contribution < -0.4 is 10.6 Å². The van der Waals surface area contributed by atoms with E-state index in [1.165, 1.54) is 19.1 Å². The van der Waals surface area contributed by atoms with Crippen LogP contribution in [0.15, 0.2) is 24.3 Å². The van der Waals surface area contributed by atoms with Crippen molar-refractivity contribution in [3.8, 4) is 5.75 Å². The minimum atomic E-state index is -1.08. The number of hydrogen-bond donors (Lipinski definition) is 4. The number of para-hydroxylation sites is 1. The van der Waals surface area contributed by atoms with Crippen LogP contribution in [0.3, 0.4) is 0 Å². The number of carboxylic acid groups (broad SMARTS) is 1. The maximum Gasteiger partial charge on any atom is 0.326 e. The molecule has 0 saturated carbocycles. The first-order chi connectivity index (χ1) is 10.4. The third-order valence-corrected chi connectivity index (χ3v) is 3.03. The van der Waals surface area contributed by atoms with Gasteiger partial charge in [0.25, 0.3) is 5.91 Å². The zero-order chi connectivity index (χ0) is 16.5. The normalized spacial score (nSPS) is 11.5. The summed E-state index contributed by atoms with van der Waals surface area (Å²) in [6.07, 6.45) is 1.41. The van der Waals surface area contributed by atoms with Crippen molar-refractivity contribution >= 4 is 17.8 Å². The summed E-state index contributed by atoms with van der Waals surface area (Å²) in [6.45, 7) is 1.63. The number of carbonyl (C=O) groups is 3. The number of hydrogen-bond acceptors (Lipinski definition) is 4. The van der Waals surface area contributed by atoms with Crippen LogP contribution in [-0.4, -0.2) is 40.6 Å². The molecule has 0 aliphatic carbocycles. The Morgan fingerprint density at radius 3 is 2.45 bits per heavy atom. The summed E-state index contributed by atoms with van der Waals surface area (Å²) in [7, 11) is 0. The fourth-order valence-corrected chi connectivity index (χ4v) is 1.94. The molecule has 2 amide bonds. The van der Waals surface area contributed by atoms with Crippen LogP contribution in [0.25, 0.3) is 0 Å². The number of phenolic OH excluding ortho intramolecular Hbond substituents is 1. The molecule has 0 aromatic heterocycles. The van der Waals surface area contributed by atoms with Crippen LogP contribution in [0.1, 0.15) is 36.5 Å². The Bertz CT molecular complexity index is 544. The van der Waals surface area contributed by atoms with Gasteiger partial charge in [-0.1, -0.05) is 12.1 Å². The number of amides is 2. The highest BCUT2D eigenvalue weighted by atomic mass is 16.4. The monoisotopic (exact) mass is 308 g/mol. The number of aliphatic carboxylic acids is 1. The first kappa shape index (κ1) is 17.5. The molecule has 22 heavy (non-hydrogen) atoms. The summed E-state index contributed by atoms with van der Waals surface area (Å²) in [5.41, 5.74) is 0.198. The van der Waals surface area contributed by atoms with Gasteiger partial charge in [-0.05, 0) is 31.4 Å². The second kappa shape index (κ2) is 8.66. The third-order valence-electron chi connectivity index (χ3n) is 3.03. The lowest BCUT2D eigenvalue weighted by Crippen LogP contribution is -2.39. The molecule has 0 radical (unpaired) electrons. The molecule has 0 bridgehead atoms. The predicted octanol–water partition coefficient (Wildman–Crippen LogP) is 0.882. The number of carboxylic acids is 1. The zero-order valence-corrected chi connectivity index (χ0v) is 12.3. The molecule has 0 fully saturated rings. The van der Waals surface area contributed by atoms with E-state index in [9.17, 15) is 19.5 Å². The van der Waals surface area contributed by atoms with Crippen LogP contribution in [0.2, 0.25) is 0 Å². The molecule has 120 valence electrons. The second-order valence-electron chi connectivity index (χ2n) is 4.86. The summed E-state index contributed by atoms with van der Waals surface area (Å²) >= 11 is 0. The van der Waals surface area contributed by atoms with E-state index < -0.39 is 12.0 Å². The molecule has 1 atom stereocenters. The van der Waals surface area contributed by atoms with Crippen LogP contribution in [0.4, 0.5) is 0 Å². The number of benzene rings is 1. The molecule has 1 aromatic carbocycles. The number of carbonyl (C=O) groups excluding carboxylic acids is 2. The largest absolute Gasteiger partial charge is 0.507 e. The van der Waals surface area contributed by atoms with Gasteiger partial charge in [0.15, 0.2) is 0 Å². The van der Waals surface area contributed by atoms with Crippen molar-refractivity contribution in [2.75, 3.05) is 6.54 Å². The fourth-order valence-electron chi connectivity index (χ4n) is 1.94. The number of nitrogens with one attached hydrogen (secondary N) is 2. The Kier molecular flexibility index (Phi) is 6.88. The van der Waals surface area contributed by atoms with Gasteiger partial charge >= 0.3 is 5.97 Å². The minimum absolute atomic E-state index is 0.0865. The van der Waals surface area contributed by atoms with Crippen LogP contribution in [0, 0.1) is 0 Å². The molecule has 0 saturated heterocycles. The highest BCUT2D eigenvalue weighted by molar-refractivity contribution is 5.96. The van der Waals surface area contributed by atoms with Gasteiger partial charge in [-0.15, -0.1) is 0 Å². The summed E-state index contributed by atoms with van der Waals surface area (Å²) in [4.78, 5) is 33.6. The Balaban J connectivity index is 2.30. The molecule has 4 N–H and O–H groups in total. The first-order valence-electron chi connectivity index (χ1n) is 6.98. The van der Waals surface area contributed by atoms with Crippen LogP contribution in [-0.2, 0) is 9.59 Å². The molecule has 0 aliphatic heterocycles. The molecular formula is C15H20N2O5. The quantitative estimate of drug-likeness (QED) is 0.532. The van der Waals surface area contributed by atoms with E-state index >= 15 is 0 Å². The first-order valence-corrected chi connectivity index (χ1v) is 6.98. The van der Waals surface area contributed by atoms with E-state index in [1.807, 2.05) is 0 Å². The van der Waals surface area contributed by atoms with Crippen molar-refractivity contribution in [3.05, 3.63) is 29.8 Å². The zero-order valence-electron chi connectivity index (χ0n) is 12.3. The van der Waals surface area contributed by atoms with Gasteiger partial charge < -0.3 is 20.8 Å². The summed E-state index contributed by atoms with van der Waals surface area (Å²) in [6, 6.07) is 5.31. The van der Waals surface area contributed by atoms with E-state index in [1.54, 1.807) is 12.1 Å². The van der Waals surface area contributed by atoms with E-state index in [0.717, 1.165) is 0 Å². The maximum absolute atomic E-state index is 11.8. The standard InChI is InChI=1S/C15H20N2O5/c1-10(18)17-12(15(21)22)7-4-5-9-16-14(20)11-6-2-3-8-13(11)19/h2-3,6,8,12,19H,4-5,7,9H2,1H3,(H,16,20)(H,17,18)(H,21,22). The lowest BCUT2D eigenvalue weighted by atomic mass is 10.1. The van der Waals surface area contributed by atoms with Gasteiger partial charge in [0, 0.05) is 13.5 Å². The van der Waals surface area contributed by atoms with Crippen LogP contribution >= 0.6 is 0 Å². The molecule has 1 rings (SSSR count). The second-order valence-corrected chi connectivity index (χ2v) is 4.86.